The van der Waals surface area contributed by atoms with Gasteiger partial charge in [-0.3, -0.25) is 4.79 Å². The summed E-state index contributed by atoms with van der Waals surface area (Å²) in [6.45, 7) is 1.12. The number of amides is 1. The van der Waals surface area contributed by atoms with Crippen LogP contribution in [0.25, 0.3) is 0 Å². The van der Waals surface area contributed by atoms with Gasteiger partial charge in [0.25, 0.3) is 0 Å². The normalized spacial score (nSPS) is 20.8. The van der Waals surface area contributed by atoms with Gasteiger partial charge in [0.15, 0.2) is 0 Å². The molecule has 14 heavy (non-hydrogen) atoms. The van der Waals surface area contributed by atoms with E-state index in [4.69, 9.17) is 22.7 Å². The first-order valence-corrected chi connectivity index (χ1v) is 5.14. The third-order valence-corrected chi connectivity index (χ3v) is 2.37. The summed E-state index contributed by atoms with van der Waals surface area (Å²) in [7, 11) is 1.70. The smallest absolute Gasteiger partial charge is 0.225 e. The summed E-state index contributed by atoms with van der Waals surface area (Å²) >= 11 is 4.73. The van der Waals surface area contributed by atoms with Crippen LogP contribution in [-0.4, -0.2) is 42.1 Å². The first-order chi connectivity index (χ1) is 6.59. The molecule has 1 unspecified atom stereocenters. The summed E-state index contributed by atoms with van der Waals surface area (Å²) in [6, 6.07) is 0. The van der Waals surface area contributed by atoms with Crippen molar-refractivity contribution in [2.75, 3.05) is 20.2 Å². The van der Waals surface area contributed by atoms with Gasteiger partial charge < -0.3 is 15.4 Å². The van der Waals surface area contributed by atoms with E-state index in [0.29, 0.717) is 18.0 Å². The summed E-state index contributed by atoms with van der Waals surface area (Å²) in [4.78, 5) is 13.5. The monoisotopic (exact) mass is 216 g/mol. The maximum absolute atomic E-state index is 11.6. The number of likely N-dealkylation sites (N-methyl/N-ethyl adjacent to an activating group) is 1. The number of thiocarbonyl (C=S) groups is 1. The Morgan fingerprint density at radius 2 is 2.43 bits per heavy atom. The zero-order valence-electron chi connectivity index (χ0n) is 8.36. The fraction of sp³-hybridized carbons (Fsp3) is 0.778. The Hall–Kier alpha value is -0.680. The van der Waals surface area contributed by atoms with Crippen LogP contribution in [0.3, 0.4) is 0 Å². The van der Waals surface area contributed by atoms with Crippen LogP contribution in [0.5, 0.6) is 0 Å². The predicted molar refractivity (Wildman–Crippen MR) is 58.0 cm³/mol. The Balaban J connectivity index is 2.29. The van der Waals surface area contributed by atoms with E-state index in [9.17, 15) is 4.79 Å². The molecule has 1 rings (SSSR count). The van der Waals surface area contributed by atoms with Gasteiger partial charge in [-0.25, -0.2) is 0 Å². The molecule has 0 aromatic carbocycles. The van der Waals surface area contributed by atoms with Crippen molar-refractivity contribution in [3.05, 3.63) is 0 Å². The van der Waals surface area contributed by atoms with Crippen molar-refractivity contribution in [2.45, 2.75) is 25.4 Å². The zero-order chi connectivity index (χ0) is 10.6. The molecule has 1 saturated heterocycles. The van der Waals surface area contributed by atoms with Gasteiger partial charge in [-0.2, -0.15) is 0 Å². The second-order valence-electron chi connectivity index (χ2n) is 3.56. The van der Waals surface area contributed by atoms with E-state index in [-0.39, 0.29) is 12.0 Å². The molecule has 0 aliphatic carbocycles. The van der Waals surface area contributed by atoms with Crippen molar-refractivity contribution in [3.8, 4) is 0 Å². The van der Waals surface area contributed by atoms with Crippen LogP contribution >= 0.6 is 12.2 Å². The summed E-state index contributed by atoms with van der Waals surface area (Å²) in [6.07, 6.45) is 2.57. The van der Waals surface area contributed by atoms with Crippen molar-refractivity contribution in [2.24, 2.45) is 5.73 Å². The molecule has 0 bridgehead atoms. The number of carbonyl (C=O) groups is 1. The van der Waals surface area contributed by atoms with E-state index in [1.165, 1.54) is 0 Å². The molecule has 0 saturated carbocycles. The van der Waals surface area contributed by atoms with Crippen LogP contribution < -0.4 is 5.73 Å². The largest absolute Gasteiger partial charge is 0.392 e. The van der Waals surface area contributed by atoms with Crippen LogP contribution in [0, 0.1) is 0 Å². The molecule has 1 aliphatic heterocycles. The minimum Gasteiger partial charge on any atom is -0.392 e. The summed E-state index contributed by atoms with van der Waals surface area (Å²) < 4.78 is 5.37. The van der Waals surface area contributed by atoms with Gasteiger partial charge in [-0.05, 0) is 12.8 Å². The molecule has 0 spiro atoms. The lowest BCUT2D eigenvalue weighted by atomic mass is 10.1. The van der Waals surface area contributed by atoms with Gasteiger partial charge in [0.2, 0.25) is 5.91 Å². The molecular formula is C9H16N2O2S. The second kappa shape index (κ2) is 5.26. The zero-order valence-corrected chi connectivity index (χ0v) is 9.18. The van der Waals surface area contributed by atoms with E-state index in [2.05, 4.69) is 0 Å². The van der Waals surface area contributed by atoms with Crippen LogP contribution in [0.15, 0.2) is 0 Å². The molecule has 0 aromatic rings. The highest BCUT2D eigenvalue weighted by molar-refractivity contribution is 7.80. The van der Waals surface area contributed by atoms with Gasteiger partial charge >= 0.3 is 0 Å². The Bertz CT molecular complexity index is 227. The van der Waals surface area contributed by atoms with E-state index < -0.39 is 0 Å². The van der Waals surface area contributed by atoms with Crippen LogP contribution in [0.1, 0.15) is 19.3 Å². The SMILES string of the molecule is CN(CC(N)=S)C(=O)CC1CCCO1. The Labute approximate surface area is 89.4 Å². The van der Waals surface area contributed by atoms with E-state index in [1.807, 2.05) is 0 Å². The first-order valence-electron chi connectivity index (χ1n) is 4.73. The molecule has 1 atom stereocenters. The number of carbonyl (C=O) groups excluding carboxylic acids is 1. The van der Waals surface area contributed by atoms with Crippen molar-refractivity contribution >= 4 is 23.1 Å². The molecule has 4 nitrogen and oxygen atoms in total. The average molecular weight is 216 g/mol. The summed E-state index contributed by atoms with van der Waals surface area (Å²) in [5.74, 6) is 0.0460. The molecule has 0 aromatic heterocycles. The lowest BCUT2D eigenvalue weighted by Crippen LogP contribution is -2.36. The van der Waals surface area contributed by atoms with Gasteiger partial charge in [0, 0.05) is 13.7 Å². The topological polar surface area (TPSA) is 55.6 Å². The van der Waals surface area contributed by atoms with Gasteiger partial charge in [-0.1, -0.05) is 12.2 Å². The summed E-state index contributed by atoms with van der Waals surface area (Å²) in [5, 5.41) is 0. The highest BCUT2D eigenvalue weighted by atomic mass is 32.1. The molecule has 1 fully saturated rings. The highest BCUT2D eigenvalue weighted by Crippen LogP contribution is 2.15. The van der Waals surface area contributed by atoms with Crippen LogP contribution in [0.2, 0.25) is 0 Å². The molecule has 1 amide bonds. The van der Waals surface area contributed by atoms with Crippen LogP contribution in [0.4, 0.5) is 0 Å². The molecular weight excluding hydrogens is 200 g/mol. The molecule has 2 N–H and O–H groups in total. The van der Waals surface area contributed by atoms with Gasteiger partial charge in [-0.15, -0.1) is 0 Å². The Morgan fingerprint density at radius 3 is 2.93 bits per heavy atom. The van der Waals surface area contributed by atoms with Gasteiger partial charge in [0.05, 0.1) is 24.1 Å². The second-order valence-corrected chi connectivity index (χ2v) is 4.08. The first kappa shape index (κ1) is 11.4. The molecule has 0 radical (unpaired) electrons. The fourth-order valence-electron chi connectivity index (χ4n) is 1.48. The predicted octanol–water partition coefficient (Wildman–Crippen LogP) is 0.300. The van der Waals surface area contributed by atoms with E-state index >= 15 is 0 Å². The number of rotatable bonds is 4. The van der Waals surface area contributed by atoms with Crippen molar-refractivity contribution in [3.63, 3.8) is 0 Å². The minimum atomic E-state index is 0.0460. The maximum atomic E-state index is 11.6. The number of nitrogens with two attached hydrogens (primary N) is 1. The molecule has 5 heteroatoms. The summed E-state index contributed by atoms with van der Waals surface area (Å²) in [5.41, 5.74) is 5.35. The Morgan fingerprint density at radius 1 is 1.71 bits per heavy atom. The molecule has 1 heterocycles. The van der Waals surface area contributed by atoms with E-state index in [0.717, 1.165) is 19.4 Å². The van der Waals surface area contributed by atoms with Crippen LogP contribution in [-0.2, 0) is 9.53 Å². The quantitative estimate of drug-likeness (QED) is 0.687. The lowest BCUT2D eigenvalue weighted by molar-refractivity contribution is -0.131. The van der Waals surface area contributed by atoms with Crippen molar-refractivity contribution in [1.29, 1.82) is 0 Å². The Kier molecular flexibility index (Phi) is 4.28. The maximum Gasteiger partial charge on any atom is 0.225 e. The minimum absolute atomic E-state index is 0.0460. The van der Waals surface area contributed by atoms with Gasteiger partial charge in [0.1, 0.15) is 0 Å². The number of hydrogen-bond donors (Lipinski definition) is 1. The molecule has 1 aliphatic rings. The standard InChI is InChI=1S/C9H16N2O2S/c1-11(6-8(10)14)9(12)5-7-3-2-4-13-7/h7H,2-6H2,1H3,(H2,10,14). The van der Waals surface area contributed by atoms with Crippen molar-refractivity contribution in [1.82, 2.24) is 4.90 Å². The third kappa shape index (κ3) is 3.59. The number of nitrogens with zero attached hydrogens (tertiary/aromatic N) is 1. The van der Waals surface area contributed by atoms with E-state index in [1.54, 1.807) is 11.9 Å². The number of ether oxygens (including phenoxy) is 1. The molecule has 80 valence electrons. The third-order valence-electron chi connectivity index (χ3n) is 2.25. The highest BCUT2D eigenvalue weighted by Gasteiger charge is 2.21. The van der Waals surface area contributed by atoms with Crippen molar-refractivity contribution < 1.29 is 9.53 Å². The number of hydrogen-bond acceptors (Lipinski definition) is 3. The average Bonchev–Trinajstić information content (AvgIpc) is 2.55. The lowest BCUT2D eigenvalue weighted by Gasteiger charge is -2.18. The fourth-order valence-corrected chi connectivity index (χ4v) is 1.67.